The van der Waals surface area contributed by atoms with Crippen molar-refractivity contribution in [2.24, 2.45) is 0 Å². The van der Waals surface area contributed by atoms with E-state index in [9.17, 15) is 14.4 Å². The third-order valence-corrected chi connectivity index (χ3v) is 1.13. The number of hydrogen-bond donors (Lipinski definition) is 1. The van der Waals surface area contributed by atoms with E-state index in [1.807, 2.05) is 0 Å². The molecule has 17 heavy (non-hydrogen) atoms. The van der Waals surface area contributed by atoms with Crippen LogP contribution in [-0.2, 0) is 23.9 Å². The molecule has 0 rings (SSSR count). The van der Waals surface area contributed by atoms with Crippen molar-refractivity contribution in [1.82, 2.24) is 0 Å². The fourth-order valence-electron chi connectivity index (χ4n) is 0.480. The van der Waals surface area contributed by atoms with Gasteiger partial charge in [0.2, 0.25) is 0 Å². The molecule has 0 saturated carbocycles. The van der Waals surface area contributed by atoms with Crippen LogP contribution < -0.4 is 0 Å². The van der Waals surface area contributed by atoms with E-state index in [1.165, 1.54) is 13.2 Å². The Labute approximate surface area is 98.8 Å². The highest BCUT2D eigenvalue weighted by Crippen LogP contribution is 1.88. The lowest BCUT2D eigenvalue weighted by atomic mass is 10.4. The van der Waals surface area contributed by atoms with Crippen LogP contribution in [0.1, 0.15) is 6.42 Å². The van der Waals surface area contributed by atoms with Gasteiger partial charge in [-0.1, -0.05) is 19.2 Å². The van der Waals surface area contributed by atoms with E-state index in [4.69, 9.17) is 5.11 Å². The molecule has 0 radical (unpaired) electrons. The fourth-order valence-corrected chi connectivity index (χ4v) is 0.480. The molecule has 0 aliphatic heterocycles. The van der Waals surface area contributed by atoms with Crippen molar-refractivity contribution in [1.29, 1.82) is 0 Å². The summed E-state index contributed by atoms with van der Waals surface area (Å²) in [5, 5.41) is 8.10. The molecule has 0 aliphatic carbocycles. The van der Waals surface area contributed by atoms with Crippen LogP contribution in [0, 0.1) is 0 Å². The molecule has 0 bridgehead atoms. The normalized spacial score (nSPS) is 8.53. The molecule has 94 valence electrons. The van der Waals surface area contributed by atoms with Crippen molar-refractivity contribution in [2.45, 2.75) is 6.42 Å². The van der Waals surface area contributed by atoms with Crippen LogP contribution in [0.3, 0.4) is 0 Å². The highest BCUT2D eigenvalue weighted by atomic mass is 16.5. The summed E-state index contributed by atoms with van der Waals surface area (Å²) >= 11 is 0. The van der Waals surface area contributed by atoms with Crippen LogP contribution in [0.25, 0.3) is 0 Å². The lowest BCUT2D eigenvalue weighted by Gasteiger charge is -1.91. The van der Waals surface area contributed by atoms with Crippen molar-refractivity contribution in [3.05, 3.63) is 37.6 Å². The van der Waals surface area contributed by atoms with Crippen LogP contribution in [0.5, 0.6) is 0 Å². The molecule has 0 aliphatic rings. The molecule has 0 unspecified atom stereocenters. The summed E-state index contributed by atoms with van der Waals surface area (Å²) in [4.78, 5) is 30.2. The summed E-state index contributed by atoms with van der Waals surface area (Å²) in [7, 11) is 1.31. The van der Waals surface area contributed by atoms with Gasteiger partial charge in [-0.2, -0.15) is 0 Å². The lowest BCUT2D eigenvalue weighted by Crippen LogP contribution is -1.96. The molecule has 6 nitrogen and oxygen atoms in total. The smallest absolute Gasteiger partial charge is 0.329 e. The number of carboxylic acids is 1. The van der Waals surface area contributed by atoms with Crippen molar-refractivity contribution < 1.29 is 29.0 Å². The van der Waals surface area contributed by atoms with Crippen molar-refractivity contribution in [2.75, 3.05) is 7.11 Å². The summed E-state index contributed by atoms with van der Waals surface area (Å²) in [6.07, 6.45) is 4.13. The van der Waals surface area contributed by atoms with Gasteiger partial charge >= 0.3 is 17.9 Å². The molecule has 0 heterocycles. The average Bonchev–Trinajstić information content (AvgIpc) is 2.28. The first kappa shape index (κ1) is 17.0. The van der Waals surface area contributed by atoms with Gasteiger partial charge < -0.3 is 14.6 Å². The van der Waals surface area contributed by atoms with E-state index < -0.39 is 17.9 Å². The maximum Gasteiger partial charge on any atom is 0.329 e. The molecule has 0 aromatic rings. The first-order chi connectivity index (χ1) is 7.97. The van der Waals surface area contributed by atoms with Crippen molar-refractivity contribution in [3.8, 4) is 0 Å². The van der Waals surface area contributed by atoms with E-state index >= 15 is 0 Å². The summed E-state index contributed by atoms with van der Waals surface area (Å²) < 4.78 is 8.45. The molecular weight excluding hydrogens is 228 g/mol. The Morgan fingerprint density at radius 1 is 1.29 bits per heavy atom. The summed E-state index contributed by atoms with van der Waals surface area (Å²) in [5.41, 5.74) is 0. The molecule has 1 N–H and O–H groups in total. The Morgan fingerprint density at radius 2 is 1.88 bits per heavy atom. The zero-order valence-electron chi connectivity index (χ0n) is 9.42. The number of rotatable bonds is 5. The topological polar surface area (TPSA) is 89.9 Å². The van der Waals surface area contributed by atoms with Crippen LogP contribution >= 0.6 is 0 Å². The number of carbonyl (C=O) groups excluding carboxylic acids is 2. The Morgan fingerprint density at radius 3 is 2.18 bits per heavy atom. The Hall–Kier alpha value is -2.37. The minimum absolute atomic E-state index is 0.0572. The Kier molecular flexibility index (Phi) is 11.7. The highest BCUT2D eigenvalue weighted by Gasteiger charge is 1.95. The van der Waals surface area contributed by atoms with Gasteiger partial charge in [-0.25, -0.2) is 9.59 Å². The molecule has 0 atom stereocenters. The summed E-state index contributed by atoms with van der Waals surface area (Å²) in [6.45, 7) is 6.32. The number of hydrogen-bond acceptors (Lipinski definition) is 5. The maximum absolute atomic E-state index is 10.5. The van der Waals surface area contributed by atoms with E-state index in [2.05, 4.69) is 22.6 Å². The monoisotopic (exact) mass is 242 g/mol. The third kappa shape index (κ3) is 16.3. The molecule has 0 spiro atoms. The number of carboxylic acid groups (broad SMARTS) is 1. The van der Waals surface area contributed by atoms with Crippen LogP contribution in [0.4, 0.5) is 0 Å². The Bertz CT molecular complexity index is 316. The second-order valence-electron chi connectivity index (χ2n) is 2.33. The van der Waals surface area contributed by atoms with Crippen LogP contribution in [0.15, 0.2) is 37.6 Å². The second-order valence-corrected chi connectivity index (χ2v) is 2.33. The van der Waals surface area contributed by atoms with Crippen molar-refractivity contribution >= 4 is 17.9 Å². The minimum Gasteiger partial charge on any atom is -0.478 e. The van der Waals surface area contributed by atoms with E-state index in [1.54, 1.807) is 0 Å². The predicted octanol–water partition coefficient (Wildman–Crippen LogP) is 1.05. The van der Waals surface area contributed by atoms with Gasteiger partial charge in [0.15, 0.2) is 0 Å². The standard InChI is InChI=1S/C7H8O4.C4H6O2/c1-2-11-7(10)5-3-4-6(8)9;1-3-4(5)6-2/h2-4H,1,5H2,(H,8,9);3H,1H2,2H3. The van der Waals surface area contributed by atoms with Gasteiger partial charge in [0.05, 0.1) is 19.8 Å². The quantitative estimate of drug-likeness (QED) is 0.440. The largest absolute Gasteiger partial charge is 0.478 e. The van der Waals surface area contributed by atoms with Crippen LogP contribution in [-0.4, -0.2) is 30.1 Å². The van der Waals surface area contributed by atoms with Gasteiger partial charge in [0, 0.05) is 12.2 Å². The second kappa shape index (κ2) is 11.7. The van der Waals surface area contributed by atoms with Crippen LogP contribution in [0.2, 0.25) is 0 Å². The third-order valence-electron chi connectivity index (χ3n) is 1.13. The number of aliphatic carboxylic acids is 1. The zero-order chi connectivity index (χ0) is 13.7. The molecule has 6 heteroatoms. The van der Waals surface area contributed by atoms with Crippen molar-refractivity contribution in [3.63, 3.8) is 0 Å². The SMILES string of the molecule is C=CC(=O)OC.C=COC(=O)CC=CC(=O)O. The van der Waals surface area contributed by atoms with E-state index in [-0.39, 0.29) is 6.42 Å². The van der Waals surface area contributed by atoms with Gasteiger partial charge in [-0.05, 0) is 0 Å². The first-order valence-electron chi connectivity index (χ1n) is 4.38. The van der Waals surface area contributed by atoms with Gasteiger partial charge in [0.25, 0.3) is 0 Å². The predicted molar refractivity (Wildman–Crippen MR) is 59.9 cm³/mol. The highest BCUT2D eigenvalue weighted by molar-refractivity contribution is 5.81. The summed E-state index contributed by atoms with van der Waals surface area (Å²) in [5.74, 6) is -2.01. The van der Waals surface area contributed by atoms with Gasteiger partial charge in [-0.3, -0.25) is 4.79 Å². The average molecular weight is 242 g/mol. The maximum atomic E-state index is 10.5. The minimum atomic E-state index is -1.09. The number of carbonyl (C=O) groups is 3. The van der Waals surface area contributed by atoms with E-state index in [0.717, 1.165) is 18.4 Å². The Balaban J connectivity index is 0. The lowest BCUT2D eigenvalue weighted by molar-refractivity contribution is -0.137. The fraction of sp³-hybridized carbons (Fsp3) is 0.182. The molecule has 0 saturated heterocycles. The zero-order valence-corrected chi connectivity index (χ0v) is 9.42. The number of esters is 2. The molecule has 0 aromatic heterocycles. The molecule has 0 fully saturated rings. The van der Waals surface area contributed by atoms with E-state index in [0.29, 0.717) is 0 Å². The molecule has 0 amide bonds. The molecule has 0 aromatic carbocycles. The summed E-state index contributed by atoms with van der Waals surface area (Å²) in [6, 6.07) is 0. The number of ether oxygens (including phenoxy) is 2. The number of methoxy groups -OCH3 is 1. The first-order valence-corrected chi connectivity index (χ1v) is 4.38. The molecular formula is C11H14O6. The van der Waals surface area contributed by atoms with Gasteiger partial charge in [0.1, 0.15) is 0 Å². The van der Waals surface area contributed by atoms with Gasteiger partial charge in [-0.15, -0.1) is 0 Å².